The third-order valence-electron chi connectivity index (χ3n) is 3.50. The average molecular weight is 309 g/mol. The van der Waals surface area contributed by atoms with Crippen molar-refractivity contribution in [2.45, 2.75) is 32.4 Å². The zero-order valence-corrected chi connectivity index (χ0v) is 13.3. The molecule has 1 aromatic rings. The number of thioether (sulfide) groups is 1. The predicted molar refractivity (Wildman–Crippen MR) is 86.5 cm³/mol. The van der Waals surface area contributed by atoms with E-state index in [1.807, 2.05) is 30.3 Å². The van der Waals surface area contributed by atoms with Crippen molar-refractivity contribution in [2.24, 2.45) is 5.92 Å². The van der Waals surface area contributed by atoms with Crippen LogP contribution in [-0.4, -0.2) is 32.0 Å². The fraction of sp³-hybridized carbons (Fsp3) is 0.467. The van der Waals surface area contributed by atoms with E-state index in [2.05, 4.69) is 13.8 Å². The molecular formula is C15H19NO2S2. The summed E-state index contributed by atoms with van der Waals surface area (Å²) in [4.78, 5) is 14.1. The monoisotopic (exact) mass is 309 g/mol. The van der Waals surface area contributed by atoms with Gasteiger partial charge in [0.25, 0.3) is 0 Å². The van der Waals surface area contributed by atoms with Crippen molar-refractivity contribution in [3.63, 3.8) is 0 Å². The normalized spacial score (nSPS) is 20.5. The first-order valence-corrected chi connectivity index (χ1v) is 8.12. The smallest absolute Gasteiger partial charge is 0.231 e. The van der Waals surface area contributed by atoms with E-state index in [4.69, 9.17) is 12.2 Å². The molecule has 3 nitrogen and oxygen atoms in total. The summed E-state index contributed by atoms with van der Waals surface area (Å²) >= 11 is 6.82. The lowest BCUT2D eigenvalue weighted by molar-refractivity contribution is -0.131. The summed E-state index contributed by atoms with van der Waals surface area (Å²) in [6.45, 7) is 4.18. The highest BCUT2D eigenvalue weighted by Crippen LogP contribution is 2.30. The lowest BCUT2D eigenvalue weighted by Gasteiger charge is -2.27. The zero-order valence-electron chi connectivity index (χ0n) is 11.7. The van der Waals surface area contributed by atoms with Gasteiger partial charge in [-0.2, -0.15) is 0 Å². The van der Waals surface area contributed by atoms with Gasteiger partial charge >= 0.3 is 0 Å². The maximum atomic E-state index is 12.4. The summed E-state index contributed by atoms with van der Waals surface area (Å²) in [5.74, 6) is 1.12. The van der Waals surface area contributed by atoms with Gasteiger partial charge in [-0.05, 0) is 11.5 Å². The minimum Gasteiger partial charge on any atom is -0.388 e. The Morgan fingerprint density at radius 3 is 2.70 bits per heavy atom. The number of amides is 1. The summed E-state index contributed by atoms with van der Waals surface area (Å²) in [7, 11) is 0. The molecule has 1 heterocycles. The Labute approximate surface area is 129 Å². The molecule has 1 saturated heterocycles. The molecule has 0 radical (unpaired) electrons. The number of benzene rings is 1. The minimum absolute atomic E-state index is 0.0773. The molecule has 1 fully saturated rings. The summed E-state index contributed by atoms with van der Waals surface area (Å²) in [5, 5.41) is 10.2. The number of carbonyl (C=O) groups is 1. The number of carbonyl (C=O) groups excluding carboxylic acids is 1. The second kappa shape index (κ2) is 6.70. The molecule has 1 N–H and O–H groups in total. The number of hydrogen-bond donors (Lipinski definition) is 1. The molecule has 1 aliphatic rings. The maximum absolute atomic E-state index is 12.4. The first-order valence-electron chi connectivity index (χ1n) is 6.72. The SMILES string of the molecule is CC(C)[C@H]1CSC(=S)N1C(=O)C[C@@H](O)c1ccccc1. The fourth-order valence-electron chi connectivity index (χ4n) is 2.27. The molecule has 1 aliphatic heterocycles. The Morgan fingerprint density at radius 1 is 1.45 bits per heavy atom. The van der Waals surface area contributed by atoms with E-state index in [9.17, 15) is 9.90 Å². The molecule has 2 rings (SSSR count). The van der Waals surface area contributed by atoms with Gasteiger partial charge in [-0.25, -0.2) is 0 Å². The van der Waals surface area contributed by atoms with Gasteiger partial charge in [-0.1, -0.05) is 68.2 Å². The molecule has 0 saturated carbocycles. The predicted octanol–water partition coefficient (Wildman–Crippen LogP) is 3.00. The third kappa shape index (κ3) is 3.40. The van der Waals surface area contributed by atoms with Crippen LogP contribution in [0.2, 0.25) is 0 Å². The number of aliphatic hydroxyl groups excluding tert-OH is 1. The first kappa shape index (κ1) is 15.5. The van der Waals surface area contributed by atoms with Crippen LogP contribution in [0.3, 0.4) is 0 Å². The molecule has 0 unspecified atom stereocenters. The zero-order chi connectivity index (χ0) is 14.7. The number of aliphatic hydroxyl groups is 1. The quantitative estimate of drug-likeness (QED) is 0.868. The molecule has 1 amide bonds. The second-order valence-corrected chi connectivity index (χ2v) is 6.94. The van der Waals surface area contributed by atoms with Gasteiger partial charge in [0.1, 0.15) is 4.32 Å². The van der Waals surface area contributed by atoms with Crippen molar-refractivity contribution in [1.82, 2.24) is 4.90 Å². The molecule has 0 spiro atoms. The summed E-state index contributed by atoms with van der Waals surface area (Å²) in [6.07, 6.45) is -0.696. The molecule has 0 aliphatic carbocycles. The van der Waals surface area contributed by atoms with Crippen molar-refractivity contribution < 1.29 is 9.90 Å². The number of rotatable bonds is 4. The van der Waals surface area contributed by atoms with Gasteiger partial charge in [0, 0.05) is 11.8 Å². The van der Waals surface area contributed by atoms with E-state index in [1.165, 1.54) is 0 Å². The number of thiocarbonyl (C=S) groups is 1. The van der Waals surface area contributed by atoms with Crippen LogP contribution in [-0.2, 0) is 4.79 Å². The lowest BCUT2D eigenvalue weighted by Crippen LogP contribution is -2.42. The summed E-state index contributed by atoms with van der Waals surface area (Å²) in [6, 6.07) is 9.40. The fourth-order valence-corrected chi connectivity index (χ4v) is 3.94. The first-order chi connectivity index (χ1) is 9.50. The molecule has 1 aromatic carbocycles. The largest absolute Gasteiger partial charge is 0.388 e. The van der Waals surface area contributed by atoms with Crippen molar-refractivity contribution >= 4 is 34.2 Å². The van der Waals surface area contributed by atoms with E-state index < -0.39 is 6.10 Å². The number of hydrogen-bond acceptors (Lipinski definition) is 4. The molecule has 0 aromatic heterocycles. The number of nitrogens with zero attached hydrogens (tertiary/aromatic N) is 1. The Kier molecular flexibility index (Phi) is 5.18. The lowest BCUT2D eigenvalue weighted by atomic mass is 10.0. The van der Waals surface area contributed by atoms with Crippen molar-refractivity contribution in [3.05, 3.63) is 35.9 Å². The third-order valence-corrected chi connectivity index (χ3v) is 5.00. The van der Waals surface area contributed by atoms with E-state index in [0.717, 1.165) is 11.3 Å². The highest BCUT2D eigenvalue weighted by molar-refractivity contribution is 8.23. The van der Waals surface area contributed by atoms with Crippen LogP contribution in [0.15, 0.2) is 30.3 Å². The van der Waals surface area contributed by atoms with Crippen molar-refractivity contribution in [2.75, 3.05) is 5.75 Å². The van der Waals surface area contributed by atoms with Crippen LogP contribution < -0.4 is 0 Å². The van der Waals surface area contributed by atoms with Gasteiger partial charge in [0.05, 0.1) is 12.5 Å². The van der Waals surface area contributed by atoms with Crippen LogP contribution in [0.5, 0.6) is 0 Å². The van der Waals surface area contributed by atoms with Crippen LogP contribution in [0.25, 0.3) is 0 Å². The summed E-state index contributed by atoms with van der Waals surface area (Å²) in [5.41, 5.74) is 0.764. The van der Waals surface area contributed by atoms with E-state index in [0.29, 0.717) is 10.2 Å². The molecular weight excluding hydrogens is 290 g/mol. The minimum atomic E-state index is -0.773. The topological polar surface area (TPSA) is 40.5 Å². The van der Waals surface area contributed by atoms with E-state index in [1.54, 1.807) is 16.7 Å². The maximum Gasteiger partial charge on any atom is 0.231 e. The highest BCUT2D eigenvalue weighted by Gasteiger charge is 2.36. The highest BCUT2D eigenvalue weighted by atomic mass is 32.2. The Balaban J connectivity index is 2.06. The van der Waals surface area contributed by atoms with Gasteiger partial charge in [-0.3, -0.25) is 9.69 Å². The standard InChI is InChI=1S/C15H19NO2S2/c1-10(2)12-9-20-15(19)16(12)14(18)8-13(17)11-6-4-3-5-7-11/h3-7,10,12-13,17H,8-9H2,1-2H3/t12-,13-/m1/s1. The van der Waals surface area contributed by atoms with Crippen LogP contribution in [0.1, 0.15) is 31.9 Å². The van der Waals surface area contributed by atoms with Gasteiger partial charge in [-0.15, -0.1) is 0 Å². The summed E-state index contributed by atoms with van der Waals surface area (Å²) < 4.78 is 0.633. The Hall–Kier alpha value is -0.910. The molecule has 20 heavy (non-hydrogen) atoms. The van der Waals surface area contributed by atoms with E-state index in [-0.39, 0.29) is 18.4 Å². The molecule has 0 bridgehead atoms. The van der Waals surface area contributed by atoms with Crippen LogP contribution >= 0.6 is 24.0 Å². The van der Waals surface area contributed by atoms with Gasteiger partial charge in [0.15, 0.2) is 0 Å². The molecule has 2 atom stereocenters. The Morgan fingerprint density at radius 2 is 2.10 bits per heavy atom. The van der Waals surface area contributed by atoms with Crippen LogP contribution in [0.4, 0.5) is 0 Å². The van der Waals surface area contributed by atoms with Gasteiger partial charge in [0.2, 0.25) is 5.91 Å². The van der Waals surface area contributed by atoms with E-state index >= 15 is 0 Å². The molecule has 108 valence electrons. The molecule has 5 heteroatoms. The van der Waals surface area contributed by atoms with Crippen LogP contribution in [0, 0.1) is 5.92 Å². The Bertz CT molecular complexity index is 490. The average Bonchev–Trinajstić information content (AvgIpc) is 2.81. The van der Waals surface area contributed by atoms with Crippen molar-refractivity contribution in [1.29, 1.82) is 0 Å². The van der Waals surface area contributed by atoms with Gasteiger partial charge < -0.3 is 5.11 Å². The van der Waals surface area contributed by atoms with Crippen molar-refractivity contribution in [3.8, 4) is 0 Å². The second-order valence-electron chi connectivity index (χ2n) is 5.28.